The summed E-state index contributed by atoms with van der Waals surface area (Å²) in [5, 5.41) is 9.20. The Morgan fingerprint density at radius 1 is 0.767 bits per heavy atom. The van der Waals surface area contributed by atoms with Gasteiger partial charge in [-0.3, -0.25) is 9.69 Å². The van der Waals surface area contributed by atoms with Crippen LogP contribution in [0.3, 0.4) is 0 Å². The lowest BCUT2D eigenvalue weighted by Gasteiger charge is -2.12. The molecule has 0 unspecified atom stereocenters. The van der Waals surface area contributed by atoms with E-state index in [0.717, 1.165) is 28.2 Å². The van der Waals surface area contributed by atoms with Crippen LogP contribution in [0, 0.1) is 0 Å². The summed E-state index contributed by atoms with van der Waals surface area (Å²) in [5.41, 5.74) is 2.75. The summed E-state index contributed by atoms with van der Waals surface area (Å²) in [4.78, 5) is 15.6. The Labute approximate surface area is 253 Å². The van der Waals surface area contributed by atoms with Crippen LogP contribution in [0.25, 0.3) is 6.08 Å². The first-order chi connectivity index (χ1) is 21.2. The molecule has 1 fully saturated rings. The maximum absolute atomic E-state index is 13.5. The van der Waals surface area contributed by atoms with Gasteiger partial charge in [0.2, 0.25) is 0 Å². The van der Waals surface area contributed by atoms with Crippen LogP contribution in [0.4, 0.5) is 0 Å². The van der Waals surface area contributed by atoms with Crippen LogP contribution in [-0.2, 0) is 17.9 Å². The van der Waals surface area contributed by atoms with Gasteiger partial charge < -0.3 is 13.9 Å². The number of ether oxygens (including phenoxy) is 2. The maximum Gasteiger partial charge on any atom is 0.267 e. The maximum atomic E-state index is 13.5. The zero-order valence-electron chi connectivity index (χ0n) is 23.1. The molecule has 7 nitrogen and oxygen atoms in total. The molecule has 8 heteroatoms. The van der Waals surface area contributed by atoms with Crippen LogP contribution < -0.4 is 9.47 Å². The van der Waals surface area contributed by atoms with E-state index in [1.54, 1.807) is 23.4 Å². The molecule has 0 spiro atoms. The monoisotopic (exact) mass is 585 g/mol. The third kappa shape index (κ3) is 7.49. The Bertz CT molecular complexity index is 1770. The van der Waals surface area contributed by atoms with Crippen molar-refractivity contribution in [3.8, 4) is 17.2 Å². The molecule has 4 aromatic carbocycles. The molecule has 6 rings (SSSR count). The topological polar surface area (TPSA) is 76.6 Å². The second-order valence-electron chi connectivity index (χ2n) is 9.54. The summed E-state index contributed by atoms with van der Waals surface area (Å²) in [5.74, 6) is 2.61. The van der Waals surface area contributed by atoms with E-state index in [-0.39, 0.29) is 12.5 Å². The lowest BCUT2D eigenvalue weighted by Crippen LogP contribution is -2.28. The lowest BCUT2D eigenvalue weighted by atomic mass is 10.2. The van der Waals surface area contributed by atoms with Crippen molar-refractivity contribution in [2.75, 3.05) is 0 Å². The largest absolute Gasteiger partial charge is 0.489 e. The highest BCUT2D eigenvalue weighted by molar-refractivity contribution is 8.18. The second-order valence-corrected chi connectivity index (χ2v) is 10.6. The van der Waals surface area contributed by atoms with Crippen LogP contribution >= 0.6 is 11.8 Å². The Hall–Kier alpha value is -5.34. The molecule has 1 saturated heterocycles. The predicted molar refractivity (Wildman–Crippen MR) is 170 cm³/mol. The Morgan fingerprint density at radius 3 is 2.28 bits per heavy atom. The van der Waals surface area contributed by atoms with Crippen LogP contribution in [0.5, 0.6) is 17.2 Å². The minimum atomic E-state index is -0.180. The molecule has 0 N–H and O–H groups in total. The molecule has 0 saturated carbocycles. The van der Waals surface area contributed by atoms with E-state index in [1.807, 2.05) is 121 Å². The molecular weight excluding hydrogens is 558 g/mol. The minimum Gasteiger partial charge on any atom is -0.489 e. The number of rotatable bonds is 10. The van der Waals surface area contributed by atoms with Crippen LogP contribution in [0.2, 0.25) is 0 Å². The van der Waals surface area contributed by atoms with Gasteiger partial charge in [-0.05, 0) is 83.1 Å². The first-order valence-corrected chi connectivity index (χ1v) is 14.5. The highest BCUT2D eigenvalue weighted by atomic mass is 32.2. The fraction of sp³-hybridized carbons (Fsp3) is 0.0571. The summed E-state index contributed by atoms with van der Waals surface area (Å²) in [6.07, 6.45) is 5.06. The summed E-state index contributed by atoms with van der Waals surface area (Å²) in [7, 11) is 0. The van der Waals surface area contributed by atoms with Gasteiger partial charge in [0.15, 0.2) is 5.17 Å². The molecule has 212 valence electrons. The van der Waals surface area contributed by atoms with Crippen molar-refractivity contribution in [1.29, 1.82) is 0 Å². The van der Waals surface area contributed by atoms with Gasteiger partial charge in [-0.1, -0.05) is 72.8 Å². The van der Waals surface area contributed by atoms with Crippen molar-refractivity contribution in [2.45, 2.75) is 13.2 Å². The number of amidine groups is 1. The highest BCUT2D eigenvalue weighted by Crippen LogP contribution is 2.34. The SMILES string of the molecule is O=C1/C(=C/c2cccc(Oc3ccccc3)c2)S/C(=N/N=C\c2cccc(OCc3ccccc3)c2)N1Cc1ccco1. The van der Waals surface area contributed by atoms with E-state index in [0.29, 0.717) is 28.2 Å². The zero-order valence-corrected chi connectivity index (χ0v) is 23.9. The molecule has 0 radical (unpaired) electrons. The fourth-order valence-electron chi connectivity index (χ4n) is 4.29. The standard InChI is InChI=1S/C35H27N3O4S/c39-34-33(22-27-12-7-17-31(20-27)42-29-14-5-2-6-15-29)43-35(38(34)24-32-18-9-19-40-32)37-36-23-28-13-8-16-30(21-28)41-25-26-10-3-1-4-11-26/h1-23H,24-25H2/b33-22-,36-23-,37-35+. The van der Waals surface area contributed by atoms with E-state index in [2.05, 4.69) is 10.2 Å². The highest BCUT2D eigenvalue weighted by Gasteiger charge is 2.34. The van der Waals surface area contributed by atoms with Crippen molar-refractivity contribution in [2.24, 2.45) is 10.2 Å². The third-order valence-electron chi connectivity index (χ3n) is 6.37. The Balaban J connectivity index is 1.19. The van der Waals surface area contributed by atoms with Gasteiger partial charge >= 0.3 is 0 Å². The number of benzene rings is 4. The van der Waals surface area contributed by atoms with Crippen molar-refractivity contribution >= 4 is 35.1 Å². The average Bonchev–Trinajstić information content (AvgIpc) is 3.66. The van der Waals surface area contributed by atoms with Gasteiger partial charge in [-0.25, -0.2) is 0 Å². The second kappa shape index (κ2) is 13.5. The zero-order chi connectivity index (χ0) is 29.3. The molecule has 43 heavy (non-hydrogen) atoms. The molecule has 2 heterocycles. The number of thioether (sulfide) groups is 1. The summed E-state index contributed by atoms with van der Waals surface area (Å²) < 4.78 is 17.4. The number of furan rings is 1. The van der Waals surface area contributed by atoms with E-state index in [4.69, 9.17) is 13.9 Å². The number of hydrogen-bond donors (Lipinski definition) is 0. The molecular formula is C35H27N3O4S. The van der Waals surface area contributed by atoms with Gasteiger partial charge in [-0.15, -0.1) is 5.10 Å². The number of carbonyl (C=O) groups excluding carboxylic acids is 1. The summed E-state index contributed by atoms with van der Waals surface area (Å²) >= 11 is 1.26. The predicted octanol–water partition coefficient (Wildman–Crippen LogP) is 8.16. The van der Waals surface area contributed by atoms with Crippen molar-refractivity contribution in [3.05, 3.63) is 155 Å². The molecule has 1 aliphatic heterocycles. The molecule has 1 aliphatic rings. The van der Waals surface area contributed by atoms with Crippen molar-refractivity contribution < 1.29 is 18.7 Å². The van der Waals surface area contributed by atoms with Crippen molar-refractivity contribution in [3.63, 3.8) is 0 Å². The number of para-hydroxylation sites is 1. The van der Waals surface area contributed by atoms with Crippen molar-refractivity contribution in [1.82, 2.24) is 4.90 Å². The minimum absolute atomic E-state index is 0.180. The first-order valence-electron chi connectivity index (χ1n) is 13.6. The molecule has 1 aromatic heterocycles. The average molecular weight is 586 g/mol. The number of amides is 1. The summed E-state index contributed by atoms with van der Waals surface area (Å²) in [6.45, 7) is 0.713. The van der Waals surface area contributed by atoms with Gasteiger partial charge in [0, 0.05) is 0 Å². The van der Waals surface area contributed by atoms with Crippen LogP contribution in [-0.4, -0.2) is 22.2 Å². The normalized spacial score (nSPS) is 15.1. The Morgan fingerprint density at radius 2 is 1.49 bits per heavy atom. The Kier molecular flexibility index (Phi) is 8.76. The molecule has 0 bridgehead atoms. The van der Waals surface area contributed by atoms with Gasteiger partial charge in [0.25, 0.3) is 5.91 Å². The van der Waals surface area contributed by atoms with Gasteiger partial charge in [0.05, 0.1) is 23.9 Å². The number of nitrogens with zero attached hydrogens (tertiary/aromatic N) is 3. The summed E-state index contributed by atoms with van der Waals surface area (Å²) in [6, 6.07) is 38.4. The number of carbonyl (C=O) groups is 1. The lowest BCUT2D eigenvalue weighted by molar-refractivity contribution is -0.122. The molecule has 0 atom stereocenters. The van der Waals surface area contributed by atoms with E-state index < -0.39 is 0 Å². The quantitative estimate of drug-likeness (QED) is 0.0939. The van der Waals surface area contributed by atoms with E-state index >= 15 is 0 Å². The smallest absolute Gasteiger partial charge is 0.267 e. The molecule has 0 aliphatic carbocycles. The fourth-order valence-corrected chi connectivity index (χ4v) is 5.23. The van der Waals surface area contributed by atoms with Gasteiger partial charge in [0.1, 0.15) is 29.6 Å². The number of hydrogen-bond acceptors (Lipinski definition) is 7. The third-order valence-corrected chi connectivity index (χ3v) is 7.37. The molecule has 5 aromatic rings. The molecule has 1 amide bonds. The van der Waals surface area contributed by atoms with Gasteiger partial charge in [-0.2, -0.15) is 5.10 Å². The van der Waals surface area contributed by atoms with E-state index in [9.17, 15) is 4.79 Å². The van der Waals surface area contributed by atoms with Crippen LogP contribution in [0.15, 0.2) is 147 Å². The first kappa shape index (κ1) is 27.8. The van der Waals surface area contributed by atoms with Crippen LogP contribution in [0.1, 0.15) is 22.5 Å². The van der Waals surface area contributed by atoms with E-state index in [1.165, 1.54) is 11.8 Å².